The lowest BCUT2D eigenvalue weighted by molar-refractivity contribution is 0.0305. The molecular weight excluding hydrogens is 741 g/mol. The molecule has 0 amide bonds. The Kier molecular flexibility index (Phi) is 18.6. The first-order chi connectivity index (χ1) is 30.0. The maximum absolute atomic E-state index is 10.9. The van der Waals surface area contributed by atoms with Crippen molar-refractivity contribution < 1.29 is 4.74 Å². The third-order valence-electron chi connectivity index (χ3n) is 14.7. The van der Waals surface area contributed by atoms with Crippen LogP contribution in [0.2, 0.25) is 0 Å². The van der Waals surface area contributed by atoms with E-state index in [1.165, 1.54) is 151 Å². The first-order valence-electron chi connectivity index (χ1n) is 24.9. The summed E-state index contributed by atoms with van der Waals surface area (Å²) in [5, 5.41) is 21.7. The Hall–Kier alpha value is -4.18. The van der Waals surface area contributed by atoms with Crippen LogP contribution in [-0.2, 0) is 17.6 Å². The minimum absolute atomic E-state index is 0.492. The van der Waals surface area contributed by atoms with Gasteiger partial charge in [-0.25, -0.2) is 0 Å². The quantitative estimate of drug-likeness (QED) is 0.0743. The molecule has 0 spiro atoms. The summed E-state index contributed by atoms with van der Waals surface area (Å²) in [6.07, 6.45) is 26.1. The van der Waals surface area contributed by atoms with Gasteiger partial charge in [0.2, 0.25) is 0 Å². The second kappa shape index (κ2) is 24.5. The molecule has 2 aliphatic rings. The number of unbranched alkanes of at least 4 members (excludes halogenated alkanes) is 8. The SMILES string of the molecule is CCCCCCCc1ccc(C(OC(c2ccc(CCCCCCC)cc2)c2ccc([C@H]3CC[C@H](CC)CC3)cc2C#N)c2ccc([C@H]3CC[C@H](CC)CC3)cc2C#N)cc1. The van der Waals surface area contributed by atoms with Gasteiger partial charge in [-0.1, -0.05) is 165 Å². The zero-order valence-electron chi connectivity index (χ0n) is 38.4. The molecule has 2 aliphatic carbocycles. The number of aryl methyl sites for hydroxylation is 2. The van der Waals surface area contributed by atoms with Crippen LogP contribution in [0.1, 0.15) is 236 Å². The molecule has 0 saturated heterocycles. The van der Waals surface area contributed by atoms with E-state index < -0.39 is 12.2 Å². The van der Waals surface area contributed by atoms with E-state index in [0.29, 0.717) is 23.0 Å². The van der Waals surface area contributed by atoms with Gasteiger partial charge in [-0.3, -0.25) is 0 Å². The van der Waals surface area contributed by atoms with Gasteiger partial charge >= 0.3 is 0 Å². The predicted octanol–water partition coefficient (Wildman–Crippen LogP) is 16.7. The van der Waals surface area contributed by atoms with Crippen LogP contribution in [0.25, 0.3) is 0 Å². The normalized spacial score (nSPS) is 20.1. The summed E-state index contributed by atoms with van der Waals surface area (Å²) >= 11 is 0. The summed E-state index contributed by atoms with van der Waals surface area (Å²) in [4.78, 5) is 0. The van der Waals surface area contributed by atoms with Crippen molar-refractivity contribution in [2.24, 2.45) is 11.8 Å². The average molecular weight is 817 g/mol. The van der Waals surface area contributed by atoms with Crippen molar-refractivity contribution in [2.45, 2.75) is 193 Å². The molecule has 6 rings (SSSR count). The van der Waals surface area contributed by atoms with Crippen molar-refractivity contribution in [2.75, 3.05) is 0 Å². The summed E-state index contributed by atoms with van der Waals surface area (Å²) in [6, 6.07) is 36.5. The van der Waals surface area contributed by atoms with Crippen LogP contribution in [0.15, 0.2) is 84.9 Å². The van der Waals surface area contributed by atoms with E-state index in [2.05, 4.69) is 125 Å². The minimum atomic E-state index is -0.503. The highest BCUT2D eigenvalue weighted by atomic mass is 16.5. The lowest BCUT2D eigenvalue weighted by atomic mass is 9.77. The highest BCUT2D eigenvalue weighted by Gasteiger charge is 2.30. The summed E-state index contributed by atoms with van der Waals surface area (Å²) in [5.74, 6) is 2.63. The largest absolute Gasteiger partial charge is 0.356 e. The van der Waals surface area contributed by atoms with Crippen LogP contribution in [-0.4, -0.2) is 0 Å². The monoisotopic (exact) mass is 817 g/mol. The van der Waals surface area contributed by atoms with Gasteiger partial charge in [-0.05, 0) is 146 Å². The third kappa shape index (κ3) is 12.9. The standard InChI is InChI=1S/C58H76N2O/c1-5-9-11-13-15-17-45-23-31-49(32-24-45)57(55-37-35-51(39-53(55)41-59)47-27-19-43(7-3)20-28-47)61-58(50-33-25-46(26-34-50)18-16-14-12-10-6-2)56-38-36-52(40-54(56)42-60)48-29-21-44(8-4)22-30-48/h23-26,31-40,43-44,47-48,57-58H,5-22,27-30H2,1-4H3/t43-,44-,47-,48-,57?,58?. The molecule has 0 radical (unpaired) electrons. The predicted molar refractivity (Wildman–Crippen MR) is 255 cm³/mol. The van der Waals surface area contributed by atoms with Crippen molar-refractivity contribution in [1.82, 2.24) is 0 Å². The van der Waals surface area contributed by atoms with Crippen molar-refractivity contribution in [3.05, 3.63) is 141 Å². The Morgan fingerprint density at radius 2 is 0.852 bits per heavy atom. The zero-order chi connectivity index (χ0) is 42.8. The molecule has 0 aromatic heterocycles. The molecule has 324 valence electrons. The van der Waals surface area contributed by atoms with E-state index in [9.17, 15) is 10.5 Å². The zero-order valence-corrected chi connectivity index (χ0v) is 38.4. The number of benzene rings is 4. The van der Waals surface area contributed by atoms with Crippen LogP contribution >= 0.6 is 0 Å². The maximum atomic E-state index is 10.9. The Bertz CT molecular complexity index is 1840. The first kappa shape index (κ1) is 46.3. The molecule has 0 bridgehead atoms. The van der Waals surface area contributed by atoms with Crippen LogP contribution < -0.4 is 0 Å². The molecule has 3 nitrogen and oxygen atoms in total. The molecule has 0 heterocycles. The number of nitriles is 2. The van der Waals surface area contributed by atoms with Gasteiger partial charge in [0.1, 0.15) is 12.2 Å². The van der Waals surface area contributed by atoms with Gasteiger partial charge in [-0.2, -0.15) is 10.5 Å². The second-order valence-corrected chi connectivity index (χ2v) is 18.9. The van der Waals surface area contributed by atoms with Gasteiger partial charge in [0, 0.05) is 11.1 Å². The van der Waals surface area contributed by atoms with Crippen molar-refractivity contribution >= 4 is 0 Å². The summed E-state index contributed by atoms with van der Waals surface area (Å²) < 4.78 is 7.54. The van der Waals surface area contributed by atoms with Gasteiger partial charge in [0.05, 0.1) is 23.3 Å². The van der Waals surface area contributed by atoms with E-state index in [0.717, 1.165) is 46.9 Å². The smallest absolute Gasteiger partial charge is 0.110 e. The van der Waals surface area contributed by atoms with E-state index in [4.69, 9.17) is 4.74 Å². The number of ether oxygens (including phenoxy) is 1. The highest BCUT2D eigenvalue weighted by molar-refractivity contribution is 5.49. The lowest BCUT2D eigenvalue weighted by Gasteiger charge is -2.31. The Morgan fingerprint density at radius 1 is 0.475 bits per heavy atom. The van der Waals surface area contributed by atoms with Crippen LogP contribution in [0.5, 0.6) is 0 Å². The molecule has 0 N–H and O–H groups in total. The molecule has 2 atom stereocenters. The molecule has 2 fully saturated rings. The van der Waals surface area contributed by atoms with E-state index in [1.54, 1.807) is 0 Å². The van der Waals surface area contributed by atoms with Crippen LogP contribution in [0.3, 0.4) is 0 Å². The second-order valence-electron chi connectivity index (χ2n) is 18.9. The first-order valence-corrected chi connectivity index (χ1v) is 24.9. The third-order valence-corrected chi connectivity index (χ3v) is 14.7. The van der Waals surface area contributed by atoms with Crippen molar-refractivity contribution in [3.63, 3.8) is 0 Å². The van der Waals surface area contributed by atoms with Gasteiger partial charge < -0.3 is 4.74 Å². The lowest BCUT2D eigenvalue weighted by Crippen LogP contribution is -2.17. The Balaban J connectivity index is 1.38. The Morgan fingerprint density at radius 3 is 1.20 bits per heavy atom. The molecule has 0 aliphatic heterocycles. The molecule has 4 aromatic carbocycles. The van der Waals surface area contributed by atoms with Gasteiger partial charge in [0.25, 0.3) is 0 Å². The van der Waals surface area contributed by atoms with E-state index in [1.807, 2.05) is 0 Å². The fourth-order valence-corrected chi connectivity index (χ4v) is 10.5. The molecule has 2 unspecified atom stereocenters. The summed E-state index contributed by atoms with van der Waals surface area (Å²) in [7, 11) is 0. The summed E-state index contributed by atoms with van der Waals surface area (Å²) in [5.41, 5.74) is 10.5. The fourth-order valence-electron chi connectivity index (χ4n) is 10.5. The number of nitrogens with zero attached hydrogens (tertiary/aromatic N) is 2. The Labute approximate surface area is 371 Å². The average Bonchev–Trinajstić information content (AvgIpc) is 3.32. The van der Waals surface area contributed by atoms with Crippen molar-refractivity contribution in [1.29, 1.82) is 10.5 Å². The molecular formula is C58H76N2O. The number of hydrogen-bond acceptors (Lipinski definition) is 3. The minimum Gasteiger partial charge on any atom is -0.356 e. The van der Waals surface area contributed by atoms with E-state index >= 15 is 0 Å². The number of rotatable bonds is 22. The van der Waals surface area contributed by atoms with E-state index in [-0.39, 0.29) is 0 Å². The van der Waals surface area contributed by atoms with Crippen molar-refractivity contribution in [3.8, 4) is 12.1 Å². The van der Waals surface area contributed by atoms with Crippen LogP contribution in [0.4, 0.5) is 0 Å². The molecule has 3 heteroatoms. The topological polar surface area (TPSA) is 56.8 Å². The molecule has 61 heavy (non-hydrogen) atoms. The molecule has 2 saturated carbocycles. The summed E-state index contributed by atoms with van der Waals surface area (Å²) in [6.45, 7) is 9.17. The number of hydrogen-bond donors (Lipinski definition) is 0. The van der Waals surface area contributed by atoms with Gasteiger partial charge in [-0.15, -0.1) is 0 Å². The fraction of sp³-hybridized carbons (Fsp3) is 0.552. The highest BCUT2D eigenvalue weighted by Crippen LogP contribution is 2.43. The maximum Gasteiger partial charge on any atom is 0.110 e. The molecule has 4 aromatic rings. The van der Waals surface area contributed by atoms with Gasteiger partial charge in [0.15, 0.2) is 0 Å². The van der Waals surface area contributed by atoms with Crippen LogP contribution in [0, 0.1) is 34.5 Å².